The Bertz CT molecular complexity index is 789. The number of aromatic nitrogens is 2. The van der Waals surface area contributed by atoms with E-state index in [1.807, 2.05) is 6.92 Å². The number of anilines is 1. The van der Waals surface area contributed by atoms with Crippen LogP contribution < -0.4 is 15.5 Å². The molecule has 4 heterocycles. The molecule has 2 aliphatic heterocycles. The summed E-state index contributed by atoms with van der Waals surface area (Å²) in [7, 11) is 0. The van der Waals surface area contributed by atoms with Gasteiger partial charge in [0, 0.05) is 11.4 Å². The van der Waals surface area contributed by atoms with Gasteiger partial charge in [-0.2, -0.15) is 0 Å². The van der Waals surface area contributed by atoms with E-state index < -0.39 is 11.6 Å². The lowest BCUT2D eigenvalue weighted by atomic mass is 9.89. The van der Waals surface area contributed by atoms with Crippen LogP contribution in [0.2, 0.25) is 0 Å². The molecule has 7 nitrogen and oxygen atoms in total. The van der Waals surface area contributed by atoms with Gasteiger partial charge in [0.25, 0.3) is 5.91 Å². The minimum Gasteiger partial charge on any atom is -0.353 e. The number of imide groups is 1. The molecular weight excluding hydrogens is 302 g/mol. The Kier molecular flexibility index (Phi) is 2.83. The van der Waals surface area contributed by atoms with Crippen molar-refractivity contribution in [2.75, 3.05) is 18.0 Å². The van der Waals surface area contributed by atoms with Crippen molar-refractivity contribution < 1.29 is 9.59 Å². The lowest BCUT2D eigenvalue weighted by Crippen LogP contribution is -2.58. The molecule has 2 N–H and O–H groups in total. The van der Waals surface area contributed by atoms with Gasteiger partial charge in [-0.05, 0) is 25.8 Å². The van der Waals surface area contributed by atoms with Gasteiger partial charge in [-0.15, -0.1) is 11.3 Å². The number of carbonyl (C=O) groups is 2. The third-order valence-corrected chi connectivity index (χ3v) is 5.20. The molecule has 1 spiro atoms. The summed E-state index contributed by atoms with van der Waals surface area (Å²) in [6.07, 6.45) is 3.03. The molecule has 8 heteroatoms. The van der Waals surface area contributed by atoms with E-state index >= 15 is 0 Å². The Hall–Kier alpha value is -2.22. The second-order valence-electron chi connectivity index (χ2n) is 5.79. The van der Waals surface area contributed by atoms with Crippen LogP contribution in [0.25, 0.3) is 10.2 Å². The van der Waals surface area contributed by atoms with Crippen LogP contribution >= 0.6 is 11.3 Å². The highest BCUT2D eigenvalue weighted by molar-refractivity contribution is 7.18. The fraction of sp³-hybridized carbons (Fsp3) is 0.429. The van der Waals surface area contributed by atoms with E-state index in [9.17, 15) is 9.59 Å². The molecule has 2 aliphatic rings. The molecule has 2 saturated heterocycles. The van der Waals surface area contributed by atoms with Crippen LogP contribution in [-0.4, -0.2) is 40.5 Å². The molecule has 0 radical (unpaired) electrons. The van der Waals surface area contributed by atoms with Crippen molar-refractivity contribution in [3.05, 3.63) is 17.3 Å². The fourth-order valence-corrected chi connectivity index (χ4v) is 4.11. The maximum atomic E-state index is 12.2. The van der Waals surface area contributed by atoms with Gasteiger partial charge < -0.3 is 10.2 Å². The smallest absolute Gasteiger partial charge is 0.322 e. The normalized spacial score (nSPS) is 24.9. The summed E-state index contributed by atoms with van der Waals surface area (Å²) in [5, 5.41) is 6.14. The fourth-order valence-electron chi connectivity index (χ4n) is 3.27. The average Bonchev–Trinajstić information content (AvgIpc) is 2.98. The lowest BCUT2D eigenvalue weighted by molar-refractivity contribution is -0.124. The molecule has 0 aliphatic carbocycles. The number of fused-ring (bicyclic) bond motifs is 1. The average molecular weight is 317 g/mol. The first kappa shape index (κ1) is 13.4. The Morgan fingerprint density at radius 1 is 1.36 bits per heavy atom. The molecular formula is C14H15N5O2S. The molecule has 114 valence electrons. The predicted octanol–water partition coefficient (Wildman–Crippen LogP) is 1.18. The van der Waals surface area contributed by atoms with E-state index in [0.29, 0.717) is 13.0 Å². The number of hydrogen-bond acceptors (Lipinski definition) is 6. The summed E-state index contributed by atoms with van der Waals surface area (Å²) in [5.74, 6) is 0.594. The molecule has 1 atom stereocenters. The SMILES string of the molecule is Cc1cc2c(N3CCCC4(C3)NC(=O)NC4=O)ncnc2s1. The maximum absolute atomic E-state index is 12.2. The van der Waals surface area contributed by atoms with E-state index in [2.05, 4.69) is 31.6 Å². The summed E-state index contributed by atoms with van der Waals surface area (Å²) in [6, 6.07) is 1.66. The molecule has 0 aromatic carbocycles. The van der Waals surface area contributed by atoms with Crippen molar-refractivity contribution in [3.8, 4) is 0 Å². The number of piperidine rings is 1. The molecule has 1 unspecified atom stereocenters. The minimum atomic E-state index is -0.836. The van der Waals surface area contributed by atoms with Crippen LogP contribution in [0.3, 0.4) is 0 Å². The molecule has 22 heavy (non-hydrogen) atoms. The number of nitrogens with one attached hydrogen (secondary N) is 2. The largest absolute Gasteiger partial charge is 0.353 e. The molecule has 2 aromatic heterocycles. The van der Waals surface area contributed by atoms with E-state index in [1.165, 1.54) is 4.88 Å². The summed E-state index contributed by atoms with van der Waals surface area (Å²) in [5.41, 5.74) is -0.836. The van der Waals surface area contributed by atoms with Crippen molar-refractivity contribution in [2.45, 2.75) is 25.3 Å². The standard InChI is InChI=1S/C14H15N5O2S/c1-8-5-9-10(15-7-16-11(9)22-8)19-4-2-3-14(6-19)12(20)17-13(21)18-14/h5,7H,2-4,6H2,1H3,(H2,17,18,20,21). The van der Waals surface area contributed by atoms with Crippen LogP contribution in [0.5, 0.6) is 0 Å². The van der Waals surface area contributed by atoms with Gasteiger partial charge in [0.2, 0.25) is 0 Å². The highest BCUT2D eigenvalue weighted by Crippen LogP contribution is 2.33. The number of rotatable bonds is 1. The number of carbonyl (C=O) groups excluding carboxylic acids is 2. The summed E-state index contributed by atoms with van der Waals surface area (Å²) >= 11 is 1.63. The second kappa shape index (κ2) is 4.64. The first-order valence-electron chi connectivity index (χ1n) is 7.17. The third kappa shape index (κ3) is 1.94. The van der Waals surface area contributed by atoms with Gasteiger partial charge in [0.1, 0.15) is 22.5 Å². The van der Waals surface area contributed by atoms with E-state index in [0.717, 1.165) is 29.0 Å². The first-order valence-corrected chi connectivity index (χ1v) is 7.99. The van der Waals surface area contributed by atoms with E-state index in [4.69, 9.17) is 0 Å². The highest BCUT2D eigenvalue weighted by Gasteiger charge is 2.49. The summed E-state index contributed by atoms with van der Waals surface area (Å²) in [6.45, 7) is 3.29. The maximum Gasteiger partial charge on any atom is 0.322 e. The Morgan fingerprint density at radius 2 is 2.23 bits per heavy atom. The molecule has 2 aromatic rings. The number of thiophene rings is 1. The van der Waals surface area contributed by atoms with Crippen molar-refractivity contribution in [1.82, 2.24) is 20.6 Å². The third-order valence-electron chi connectivity index (χ3n) is 4.24. The summed E-state index contributed by atoms with van der Waals surface area (Å²) in [4.78, 5) is 36.6. The van der Waals surface area contributed by atoms with Gasteiger partial charge in [-0.3, -0.25) is 10.1 Å². The van der Waals surface area contributed by atoms with Crippen LogP contribution in [0.1, 0.15) is 17.7 Å². The van der Waals surface area contributed by atoms with Crippen molar-refractivity contribution in [2.24, 2.45) is 0 Å². The van der Waals surface area contributed by atoms with E-state index in [-0.39, 0.29) is 5.91 Å². The lowest BCUT2D eigenvalue weighted by Gasteiger charge is -2.38. The molecule has 4 rings (SSSR count). The second-order valence-corrected chi connectivity index (χ2v) is 7.02. The van der Waals surface area contributed by atoms with Gasteiger partial charge in [0.05, 0.1) is 11.9 Å². The number of amides is 3. The number of aryl methyl sites for hydroxylation is 1. The van der Waals surface area contributed by atoms with Gasteiger partial charge in [0.15, 0.2) is 0 Å². The molecule has 2 fully saturated rings. The number of urea groups is 1. The van der Waals surface area contributed by atoms with E-state index in [1.54, 1.807) is 17.7 Å². The molecule has 0 bridgehead atoms. The van der Waals surface area contributed by atoms with Crippen LogP contribution in [-0.2, 0) is 4.79 Å². The monoisotopic (exact) mass is 317 g/mol. The highest BCUT2D eigenvalue weighted by atomic mass is 32.1. The van der Waals surface area contributed by atoms with Crippen LogP contribution in [0.4, 0.5) is 10.6 Å². The zero-order chi connectivity index (χ0) is 15.3. The first-order chi connectivity index (χ1) is 10.6. The van der Waals surface area contributed by atoms with Gasteiger partial charge >= 0.3 is 6.03 Å². The quantitative estimate of drug-likeness (QED) is 0.771. The number of nitrogens with zero attached hydrogens (tertiary/aromatic N) is 3. The molecule has 3 amide bonds. The predicted molar refractivity (Wildman–Crippen MR) is 83.0 cm³/mol. The molecule has 0 saturated carbocycles. The Labute approximate surface area is 130 Å². The number of hydrogen-bond donors (Lipinski definition) is 2. The van der Waals surface area contributed by atoms with Crippen molar-refractivity contribution >= 4 is 39.3 Å². The minimum absolute atomic E-state index is 0.242. The van der Waals surface area contributed by atoms with Crippen LogP contribution in [0.15, 0.2) is 12.4 Å². The van der Waals surface area contributed by atoms with Crippen LogP contribution in [0, 0.1) is 6.92 Å². The summed E-state index contributed by atoms with van der Waals surface area (Å²) < 4.78 is 0. The topological polar surface area (TPSA) is 87.2 Å². The van der Waals surface area contributed by atoms with Crippen molar-refractivity contribution in [1.29, 1.82) is 0 Å². The Balaban J connectivity index is 1.73. The zero-order valence-corrected chi connectivity index (χ0v) is 12.9. The zero-order valence-electron chi connectivity index (χ0n) is 12.0. The van der Waals surface area contributed by atoms with Gasteiger partial charge in [-0.1, -0.05) is 0 Å². The van der Waals surface area contributed by atoms with Crippen molar-refractivity contribution in [3.63, 3.8) is 0 Å². The van der Waals surface area contributed by atoms with Gasteiger partial charge in [-0.25, -0.2) is 14.8 Å². The Morgan fingerprint density at radius 3 is 3.00 bits per heavy atom.